The van der Waals surface area contributed by atoms with Crippen LogP contribution in [0.3, 0.4) is 0 Å². The maximum atomic E-state index is 11.8. The van der Waals surface area contributed by atoms with Gasteiger partial charge in [-0.2, -0.15) is 0 Å². The van der Waals surface area contributed by atoms with E-state index in [1.807, 2.05) is 0 Å². The van der Waals surface area contributed by atoms with Crippen molar-refractivity contribution in [2.24, 2.45) is 0 Å². The number of nitrogens with zero attached hydrogens (tertiary/aromatic N) is 1. The second-order valence-corrected chi connectivity index (χ2v) is 6.52. The molecule has 0 aliphatic carbocycles. The van der Waals surface area contributed by atoms with Crippen molar-refractivity contribution in [3.63, 3.8) is 0 Å². The van der Waals surface area contributed by atoms with Crippen molar-refractivity contribution in [1.82, 2.24) is 4.57 Å². The number of anilines is 1. The number of ether oxygens (including phenoxy) is 1. The van der Waals surface area contributed by atoms with Gasteiger partial charge in [0, 0.05) is 6.54 Å². The van der Waals surface area contributed by atoms with Gasteiger partial charge in [-0.15, -0.1) is 6.58 Å². The van der Waals surface area contributed by atoms with E-state index in [4.69, 9.17) is 22.1 Å². The number of aromatic nitrogens is 1. The van der Waals surface area contributed by atoms with Crippen LogP contribution in [0.5, 0.6) is 0 Å². The molecule has 1 aromatic rings. The van der Waals surface area contributed by atoms with E-state index in [9.17, 15) is 9.59 Å². The Labute approximate surface area is 125 Å². The van der Waals surface area contributed by atoms with E-state index >= 15 is 0 Å². The van der Waals surface area contributed by atoms with Gasteiger partial charge in [0.2, 0.25) is 0 Å². The number of hydrogen-bond donors (Lipinski definition) is 2. The molecule has 20 heavy (non-hydrogen) atoms. The van der Waals surface area contributed by atoms with Gasteiger partial charge in [0.1, 0.15) is 11.4 Å². The van der Waals surface area contributed by atoms with Crippen LogP contribution in [0.15, 0.2) is 12.7 Å². The Bertz CT molecular complexity index is 596. The summed E-state index contributed by atoms with van der Waals surface area (Å²) in [5, 5.41) is 11.6. The lowest BCUT2D eigenvalue weighted by Gasteiger charge is -2.20. The van der Waals surface area contributed by atoms with E-state index in [2.05, 4.69) is 11.9 Å². The van der Waals surface area contributed by atoms with Crippen LogP contribution in [0, 0.1) is 3.95 Å². The van der Waals surface area contributed by atoms with Crippen LogP contribution >= 0.6 is 23.6 Å². The number of amides is 1. The monoisotopic (exact) mass is 316 g/mol. The van der Waals surface area contributed by atoms with Crippen LogP contribution in [0.2, 0.25) is 0 Å². The lowest BCUT2D eigenvalue weighted by molar-refractivity contribution is 0.0634. The number of carbonyl (C=O) groups is 2. The first-order valence-corrected chi connectivity index (χ1v) is 6.96. The molecule has 8 heteroatoms. The second-order valence-electron chi connectivity index (χ2n) is 4.88. The fourth-order valence-electron chi connectivity index (χ4n) is 1.37. The van der Waals surface area contributed by atoms with Crippen molar-refractivity contribution in [3.8, 4) is 0 Å². The summed E-state index contributed by atoms with van der Waals surface area (Å²) in [7, 11) is 0. The zero-order valence-electron chi connectivity index (χ0n) is 11.4. The number of aromatic carboxylic acids is 1. The summed E-state index contributed by atoms with van der Waals surface area (Å²) in [5.74, 6) is -1.04. The number of carbonyl (C=O) groups excluding carboxylic acids is 1. The average Bonchev–Trinajstić information content (AvgIpc) is 2.55. The zero-order valence-corrected chi connectivity index (χ0v) is 13.1. The first kappa shape index (κ1) is 16.4. The predicted molar refractivity (Wildman–Crippen MR) is 80.2 cm³/mol. The minimum Gasteiger partial charge on any atom is -0.477 e. The molecule has 110 valence electrons. The molecule has 6 nitrogen and oxygen atoms in total. The van der Waals surface area contributed by atoms with Crippen LogP contribution in [-0.2, 0) is 11.3 Å². The quantitative estimate of drug-likeness (QED) is 0.656. The fraction of sp³-hybridized carbons (Fsp3) is 0.417. The Balaban J connectivity index is 3.14. The van der Waals surface area contributed by atoms with Gasteiger partial charge in [-0.1, -0.05) is 17.4 Å². The minimum atomic E-state index is -1.16. The summed E-state index contributed by atoms with van der Waals surface area (Å²) in [4.78, 5) is 22.9. The summed E-state index contributed by atoms with van der Waals surface area (Å²) in [6, 6.07) is 0. The molecule has 0 bridgehead atoms. The third kappa shape index (κ3) is 4.17. The molecule has 0 saturated heterocycles. The first-order valence-electron chi connectivity index (χ1n) is 5.73. The molecule has 1 rings (SSSR count). The highest BCUT2D eigenvalue weighted by atomic mass is 32.1. The number of hydrogen-bond acceptors (Lipinski definition) is 5. The number of carboxylic acids is 1. The van der Waals surface area contributed by atoms with Crippen molar-refractivity contribution in [2.45, 2.75) is 32.9 Å². The normalized spacial score (nSPS) is 10.9. The van der Waals surface area contributed by atoms with E-state index in [1.165, 1.54) is 4.57 Å². The van der Waals surface area contributed by atoms with Crippen LogP contribution in [-0.4, -0.2) is 27.3 Å². The molecule has 0 atom stereocenters. The van der Waals surface area contributed by atoms with Crippen molar-refractivity contribution >= 4 is 41.4 Å². The lowest BCUT2D eigenvalue weighted by atomic mass is 10.2. The Kier molecular flexibility index (Phi) is 5.07. The smallest absolute Gasteiger partial charge is 0.413 e. The average molecular weight is 316 g/mol. The Hall–Kier alpha value is -1.67. The predicted octanol–water partition coefficient (Wildman–Crippen LogP) is 3.51. The molecule has 0 unspecified atom stereocenters. The molecule has 0 fully saturated rings. The van der Waals surface area contributed by atoms with Gasteiger partial charge in [-0.3, -0.25) is 5.32 Å². The van der Waals surface area contributed by atoms with Crippen LogP contribution in [0.1, 0.15) is 30.4 Å². The van der Waals surface area contributed by atoms with Crippen LogP contribution in [0.4, 0.5) is 10.6 Å². The molecule has 1 aromatic heterocycles. The molecule has 0 spiro atoms. The van der Waals surface area contributed by atoms with E-state index < -0.39 is 17.7 Å². The van der Waals surface area contributed by atoms with Gasteiger partial charge in [0.15, 0.2) is 8.83 Å². The highest BCUT2D eigenvalue weighted by Gasteiger charge is 2.23. The molecule has 0 radical (unpaired) electrons. The molecular formula is C12H16N2O4S2. The SMILES string of the molecule is C=CCn1c(NC(=O)OC(C)(C)C)c(C(=O)O)sc1=S. The van der Waals surface area contributed by atoms with Gasteiger partial charge in [0.05, 0.1) is 0 Å². The Morgan fingerprint density at radius 3 is 2.60 bits per heavy atom. The molecule has 1 heterocycles. The Morgan fingerprint density at radius 1 is 1.55 bits per heavy atom. The van der Waals surface area contributed by atoms with Crippen molar-refractivity contribution in [2.75, 3.05) is 5.32 Å². The zero-order chi connectivity index (χ0) is 15.5. The third-order valence-electron chi connectivity index (χ3n) is 2.02. The number of carboxylic acid groups (broad SMARTS) is 1. The first-order chi connectivity index (χ1) is 9.15. The van der Waals surface area contributed by atoms with Gasteiger partial charge < -0.3 is 14.4 Å². The minimum absolute atomic E-state index is 0.0392. The summed E-state index contributed by atoms with van der Waals surface area (Å²) >= 11 is 6.00. The third-order valence-corrected chi connectivity index (χ3v) is 3.46. The number of allylic oxidation sites excluding steroid dienone is 1. The van der Waals surface area contributed by atoms with Crippen molar-refractivity contribution in [3.05, 3.63) is 21.5 Å². The topological polar surface area (TPSA) is 80.6 Å². The standard InChI is InChI=1S/C12H16N2O4S2/c1-5-6-14-8(7(9(15)16)20-11(14)19)13-10(17)18-12(2,3)4/h5H,1,6H2,2-4H3,(H,13,17)(H,15,16). The summed E-state index contributed by atoms with van der Waals surface area (Å²) in [5.41, 5.74) is -0.677. The van der Waals surface area contributed by atoms with Crippen LogP contribution < -0.4 is 5.32 Å². The fourth-order valence-corrected chi connectivity index (χ4v) is 2.58. The van der Waals surface area contributed by atoms with E-state index in [0.29, 0.717) is 10.5 Å². The maximum Gasteiger partial charge on any atom is 0.413 e. The molecular weight excluding hydrogens is 300 g/mol. The molecule has 0 aliphatic rings. The molecule has 0 aromatic carbocycles. The van der Waals surface area contributed by atoms with Gasteiger partial charge in [-0.05, 0) is 33.0 Å². The van der Waals surface area contributed by atoms with Crippen LogP contribution in [0.25, 0.3) is 0 Å². The van der Waals surface area contributed by atoms with Crippen molar-refractivity contribution < 1.29 is 19.4 Å². The van der Waals surface area contributed by atoms with Gasteiger partial charge in [0.25, 0.3) is 0 Å². The van der Waals surface area contributed by atoms with Crippen molar-refractivity contribution in [1.29, 1.82) is 0 Å². The van der Waals surface area contributed by atoms with E-state index in [1.54, 1.807) is 26.8 Å². The lowest BCUT2D eigenvalue weighted by Crippen LogP contribution is -2.28. The van der Waals surface area contributed by atoms with Gasteiger partial charge in [-0.25, -0.2) is 9.59 Å². The number of thiazole rings is 1. The highest BCUT2D eigenvalue weighted by molar-refractivity contribution is 7.73. The van der Waals surface area contributed by atoms with E-state index in [0.717, 1.165) is 11.3 Å². The summed E-state index contributed by atoms with van der Waals surface area (Å²) in [6.07, 6.45) is 0.833. The Morgan fingerprint density at radius 2 is 2.15 bits per heavy atom. The number of rotatable bonds is 4. The second kappa shape index (κ2) is 6.19. The highest BCUT2D eigenvalue weighted by Crippen LogP contribution is 2.25. The number of nitrogens with one attached hydrogen (secondary N) is 1. The maximum absolute atomic E-state index is 11.8. The molecule has 0 saturated carbocycles. The molecule has 1 amide bonds. The summed E-state index contributed by atoms with van der Waals surface area (Å²) < 4.78 is 6.93. The molecule has 2 N–H and O–H groups in total. The van der Waals surface area contributed by atoms with E-state index in [-0.39, 0.29) is 10.7 Å². The largest absolute Gasteiger partial charge is 0.477 e. The molecule has 0 aliphatic heterocycles. The van der Waals surface area contributed by atoms with Gasteiger partial charge >= 0.3 is 12.1 Å². The summed E-state index contributed by atoms with van der Waals surface area (Å²) in [6.45, 7) is 9.03.